The Morgan fingerprint density at radius 2 is 1.81 bits per heavy atom. The van der Waals surface area contributed by atoms with Gasteiger partial charge in [-0.15, -0.1) is 0 Å². The van der Waals surface area contributed by atoms with Gasteiger partial charge in [0.15, 0.2) is 5.96 Å². The minimum atomic E-state index is -1.03. The van der Waals surface area contributed by atoms with Crippen LogP contribution in [0.15, 0.2) is 35.3 Å². The number of likely N-dealkylation sites (tertiary alicyclic amines) is 1. The average Bonchev–Trinajstić information content (AvgIpc) is 3.35. The smallest absolute Gasteiger partial charge is 0.326 e. The van der Waals surface area contributed by atoms with Gasteiger partial charge in [0.25, 0.3) is 0 Å². The molecule has 2 amide bonds. The van der Waals surface area contributed by atoms with Gasteiger partial charge >= 0.3 is 5.97 Å². The summed E-state index contributed by atoms with van der Waals surface area (Å²) in [4.78, 5) is 43.6. The summed E-state index contributed by atoms with van der Waals surface area (Å²) in [7, 11) is 0. The number of nitrogens with zero attached hydrogens (tertiary/aromatic N) is 2. The lowest BCUT2D eigenvalue weighted by Gasteiger charge is -2.29. The number of carboxylic acid groups (broad SMARTS) is 1. The minimum Gasteiger partial charge on any atom is -0.480 e. The molecular weight excluding hydrogens is 462 g/mol. The van der Waals surface area contributed by atoms with Crippen molar-refractivity contribution in [2.45, 2.75) is 69.5 Å². The number of guanidine groups is 1. The van der Waals surface area contributed by atoms with Crippen LogP contribution in [-0.2, 0) is 20.8 Å². The zero-order valence-corrected chi connectivity index (χ0v) is 20.9. The fourth-order valence-electron chi connectivity index (χ4n) is 4.37. The second-order valence-electron chi connectivity index (χ2n) is 9.06. The van der Waals surface area contributed by atoms with E-state index in [1.165, 1.54) is 4.90 Å². The lowest BCUT2D eigenvalue weighted by atomic mass is 10.0. The summed E-state index contributed by atoms with van der Waals surface area (Å²) in [6, 6.07) is 7.74. The van der Waals surface area contributed by atoms with E-state index < -0.39 is 24.1 Å². The molecule has 0 unspecified atom stereocenters. The maximum Gasteiger partial charge on any atom is 0.326 e. The number of amides is 2. The van der Waals surface area contributed by atoms with E-state index in [0.29, 0.717) is 58.3 Å². The lowest BCUT2D eigenvalue weighted by Crippen LogP contribution is -2.55. The molecule has 1 heterocycles. The lowest BCUT2D eigenvalue weighted by molar-refractivity contribution is -0.149. The number of aliphatic carboxylic acids is 1. The van der Waals surface area contributed by atoms with Gasteiger partial charge in [-0.1, -0.05) is 36.8 Å². The van der Waals surface area contributed by atoms with E-state index in [9.17, 15) is 19.5 Å². The largest absolute Gasteiger partial charge is 0.480 e. The first kappa shape index (κ1) is 29.1. The second-order valence-corrected chi connectivity index (χ2v) is 9.06. The molecule has 1 aliphatic heterocycles. The molecule has 1 aromatic carbocycles. The molecule has 1 aromatic rings. The number of carbonyl (C=O) groups excluding carboxylic acids is 2. The van der Waals surface area contributed by atoms with Gasteiger partial charge in [0, 0.05) is 13.1 Å². The quantitative estimate of drug-likeness (QED) is 0.103. The Labute approximate surface area is 212 Å². The summed E-state index contributed by atoms with van der Waals surface area (Å²) in [5.41, 5.74) is 17.6. The molecular formula is C25H41N7O4. The summed E-state index contributed by atoms with van der Waals surface area (Å²) in [6.07, 6.45) is 4.66. The van der Waals surface area contributed by atoms with Crippen molar-refractivity contribution in [3.63, 3.8) is 0 Å². The second kappa shape index (κ2) is 15.7. The van der Waals surface area contributed by atoms with Crippen molar-refractivity contribution in [1.29, 1.82) is 0 Å². The number of unbranched alkanes of at least 4 members (excludes halogenated alkanes) is 1. The van der Waals surface area contributed by atoms with E-state index in [1.807, 2.05) is 30.3 Å². The van der Waals surface area contributed by atoms with Crippen molar-refractivity contribution in [1.82, 2.24) is 15.5 Å². The van der Waals surface area contributed by atoms with Gasteiger partial charge in [-0.3, -0.25) is 14.6 Å². The van der Waals surface area contributed by atoms with Crippen LogP contribution in [0.4, 0.5) is 0 Å². The van der Waals surface area contributed by atoms with Gasteiger partial charge in [0.1, 0.15) is 12.1 Å². The number of benzene rings is 1. The normalized spacial score (nSPS) is 16.8. The van der Waals surface area contributed by atoms with Crippen LogP contribution in [0.1, 0.15) is 50.5 Å². The number of rotatable bonds is 16. The summed E-state index contributed by atoms with van der Waals surface area (Å²) in [6.45, 7) is 1.79. The molecule has 2 rings (SSSR count). The topological polar surface area (TPSA) is 189 Å². The van der Waals surface area contributed by atoms with Crippen LogP contribution < -0.4 is 27.8 Å². The molecule has 0 spiro atoms. The van der Waals surface area contributed by atoms with Crippen LogP contribution in [0.3, 0.4) is 0 Å². The van der Waals surface area contributed by atoms with Gasteiger partial charge in [-0.2, -0.15) is 0 Å². The maximum atomic E-state index is 13.3. The van der Waals surface area contributed by atoms with E-state index in [4.69, 9.17) is 17.2 Å². The highest BCUT2D eigenvalue weighted by molar-refractivity contribution is 5.92. The van der Waals surface area contributed by atoms with E-state index in [1.54, 1.807) is 0 Å². The zero-order valence-electron chi connectivity index (χ0n) is 20.9. The number of hydrogen-bond acceptors (Lipinski definition) is 6. The molecule has 0 aromatic heterocycles. The van der Waals surface area contributed by atoms with Crippen LogP contribution in [0.2, 0.25) is 0 Å². The Hall–Kier alpha value is -3.18. The molecule has 1 aliphatic rings. The summed E-state index contributed by atoms with van der Waals surface area (Å²) in [5.74, 6) is -1.75. The van der Waals surface area contributed by atoms with Gasteiger partial charge in [-0.25, -0.2) is 4.79 Å². The van der Waals surface area contributed by atoms with Gasteiger partial charge in [-0.05, 0) is 63.6 Å². The minimum absolute atomic E-state index is 0.0463. The van der Waals surface area contributed by atoms with E-state index in [0.717, 1.165) is 24.8 Å². The van der Waals surface area contributed by atoms with E-state index >= 15 is 0 Å². The van der Waals surface area contributed by atoms with Crippen molar-refractivity contribution in [3.8, 4) is 0 Å². The van der Waals surface area contributed by atoms with Crippen LogP contribution in [0, 0.1) is 0 Å². The monoisotopic (exact) mass is 503 g/mol. The highest BCUT2D eigenvalue weighted by Gasteiger charge is 2.37. The zero-order chi connectivity index (χ0) is 26.3. The first-order valence-corrected chi connectivity index (χ1v) is 12.7. The van der Waals surface area contributed by atoms with Crippen LogP contribution in [0.5, 0.6) is 0 Å². The number of carboxylic acids is 1. The van der Waals surface area contributed by atoms with Crippen molar-refractivity contribution in [3.05, 3.63) is 35.9 Å². The SMILES string of the molecule is NCCCC[C@H](NCCc1ccccc1)C(=O)N[C@@H](CCCN=C(N)N)C(=O)N1CCC[C@@H]1C(=O)O. The molecule has 0 saturated carbocycles. The van der Waals surface area contributed by atoms with Crippen molar-refractivity contribution >= 4 is 23.7 Å². The summed E-state index contributed by atoms with van der Waals surface area (Å²) < 4.78 is 0. The van der Waals surface area contributed by atoms with Gasteiger partial charge in [0.05, 0.1) is 6.04 Å². The molecule has 11 heteroatoms. The Kier molecular flexibility index (Phi) is 12.7. The van der Waals surface area contributed by atoms with Crippen molar-refractivity contribution in [2.24, 2.45) is 22.2 Å². The first-order chi connectivity index (χ1) is 17.3. The predicted octanol–water partition coefficient (Wildman–Crippen LogP) is -0.0697. The molecule has 200 valence electrons. The van der Waals surface area contributed by atoms with E-state index in [2.05, 4.69) is 15.6 Å². The standard InChI is InChI=1S/C25H41N7O4/c26-14-5-4-10-19(29-16-13-18-8-2-1-3-9-18)22(33)31-20(11-6-15-30-25(27)28)23(34)32-17-7-12-21(32)24(35)36/h1-3,8-9,19-21,29H,4-7,10-17,26H2,(H,31,33)(H,35,36)(H4,27,28,30)/t19-,20-,21+/m0/s1. The summed E-state index contributed by atoms with van der Waals surface area (Å²) in [5, 5.41) is 15.7. The van der Waals surface area contributed by atoms with Crippen LogP contribution >= 0.6 is 0 Å². The number of nitrogens with two attached hydrogens (primary N) is 3. The molecule has 1 saturated heterocycles. The third-order valence-corrected chi connectivity index (χ3v) is 6.29. The maximum absolute atomic E-state index is 13.3. The molecule has 0 radical (unpaired) electrons. The van der Waals surface area contributed by atoms with Crippen LogP contribution in [0.25, 0.3) is 0 Å². The van der Waals surface area contributed by atoms with Crippen LogP contribution in [-0.4, -0.2) is 78.1 Å². The van der Waals surface area contributed by atoms with E-state index in [-0.39, 0.29) is 17.8 Å². The fraction of sp³-hybridized carbons (Fsp3) is 0.600. The predicted molar refractivity (Wildman–Crippen MR) is 139 cm³/mol. The third kappa shape index (κ3) is 9.82. The highest BCUT2D eigenvalue weighted by Crippen LogP contribution is 2.20. The number of aliphatic imine (C=N–C) groups is 1. The average molecular weight is 504 g/mol. The number of nitrogens with one attached hydrogen (secondary N) is 2. The summed E-state index contributed by atoms with van der Waals surface area (Å²) >= 11 is 0. The molecule has 36 heavy (non-hydrogen) atoms. The first-order valence-electron chi connectivity index (χ1n) is 12.7. The van der Waals surface area contributed by atoms with Crippen molar-refractivity contribution in [2.75, 3.05) is 26.2 Å². The molecule has 9 N–H and O–H groups in total. The number of carbonyl (C=O) groups is 3. The molecule has 0 bridgehead atoms. The Balaban J connectivity index is 2.08. The Morgan fingerprint density at radius 3 is 2.47 bits per heavy atom. The Bertz CT molecular complexity index is 861. The third-order valence-electron chi connectivity index (χ3n) is 6.29. The molecule has 0 aliphatic carbocycles. The van der Waals surface area contributed by atoms with Gasteiger partial charge in [0.2, 0.25) is 11.8 Å². The highest BCUT2D eigenvalue weighted by atomic mass is 16.4. The number of hydrogen-bond donors (Lipinski definition) is 6. The van der Waals surface area contributed by atoms with Crippen molar-refractivity contribution < 1.29 is 19.5 Å². The van der Waals surface area contributed by atoms with Gasteiger partial charge < -0.3 is 37.8 Å². The molecule has 11 nitrogen and oxygen atoms in total. The molecule has 3 atom stereocenters. The molecule has 1 fully saturated rings. The Morgan fingerprint density at radius 1 is 1.08 bits per heavy atom. The fourth-order valence-corrected chi connectivity index (χ4v) is 4.37.